The van der Waals surface area contributed by atoms with Gasteiger partial charge in [0.1, 0.15) is 29.6 Å². The molecule has 3 aromatic carbocycles. The average Bonchev–Trinajstić information content (AvgIpc) is 3.34. The monoisotopic (exact) mass is 543 g/mol. The van der Waals surface area contributed by atoms with Gasteiger partial charge >= 0.3 is 0 Å². The summed E-state index contributed by atoms with van der Waals surface area (Å²) in [5, 5.41) is 11.6. The number of carbonyl (C=O) groups is 2. The number of hydrogen-bond acceptors (Lipinski definition) is 6. The molecule has 1 heterocycles. The molecule has 210 valence electrons. The summed E-state index contributed by atoms with van der Waals surface area (Å²) in [6, 6.07) is 17.4. The lowest BCUT2D eigenvalue weighted by Gasteiger charge is -2.36. The van der Waals surface area contributed by atoms with Crippen molar-refractivity contribution in [2.75, 3.05) is 19.1 Å². The number of fused-ring (bicyclic) bond motifs is 1. The number of rotatable bonds is 10. The van der Waals surface area contributed by atoms with Gasteiger partial charge in [0, 0.05) is 11.1 Å². The average molecular weight is 544 g/mol. The smallest absolute Gasteiger partial charge is 0.249 e. The molecule has 0 fully saturated rings. The second-order valence-electron chi connectivity index (χ2n) is 10.5. The predicted molar refractivity (Wildman–Crippen MR) is 156 cm³/mol. The fourth-order valence-electron chi connectivity index (χ4n) is 4.76. The van der Waals surface area contributed by atoms with Crippen LogP contribution < -0.4 is 19.7 Å². The van der Waals surface area contributed by atoms with Crippen LogP contribution >= 0.6 is 0 Å². The lowest BCUT2D eigenvalue weighted by atomic mass is 9.96. The van der Waals surface area contributed by atoms with E-state index in [-0.39, 0.29) is 18.4 Å². The minimum absolute atomic E-state index is 0.123. The van der Waals surface area contributed by atoms with E-state index in [2.05, 4.69) is 15.6 Å². The van der Waals surface area contributed by atoms with Gasteiger partial charge in [-0.2, -0.15) is 0 Å². The van der Waals surface area contributed by atoms with Gasteiger partial charge in [-0.1, -0.05) is 42.5 Å². The van der Waals surface area contributed by atoms with Crippen LogP contribution in [0.1, 0.15) is 49.9 Å². The maximum absolute atomic E-state index is 14.5. The summed E-state index contributed by atoms with van der Waals surface area (Å²) in [5.41, 5.74) is 3.75. The molecule has 0 saturated carbocycles. The van der Waals surface area contributed by atoms with E-state index in [1.54, 1.807) is 42.0 Å². The van der Waals surface area contributed by atoms with Crippen LogP contribution in [-0.4, -0.2) is 46.6 Å². The third-order valence-electron chi connectivity index (χ3n) is 7.24. The molecule has 1 atom stereocenters. The van der Waals surface area contributed by atoms with Crippen LogP contribution in [0.3, 0.4) is 0 Å². The van der Waals surface area contributed by atoms with Crippen molar-refractivity contribution in [2.24, 2.45) is 0 Å². The lowest BCUT2D eigenvalue weighted by Crippen LogP contribution is -2.51. The Morgan fingerprint density at radius 2 is 1.70 bits per heavy atom. The maximum atomic E-state index is 14.5. The lowest BCUT2D eigenvalue weighted by molar-refractivity contribution is -0.128. The Balaban J connectivity index is 1.95. The molecule has 40 heavy (non-hydrogen) atoms. The Labute approximate surface area is 235 Å². The maximum Gasteiger partial charge on any atom is 0.249 e. The normalized spacial score (nSPS) is 12.2. The summed E-state index contributed by atoms with van der Waals surface area (Å²) in [6.45, 7) is 9.66. The Bertz CT molecular complexity index is 1510. The van der Waals surface area contributed by atoms with E-state index in [1.165, 1.54) is 0 Å². The minimum atomic E-state index is -1.07. The quantitative estimate of drug-likeness (QED) is 0.297. The second kappa shape index (κ2) is 11.8. The zero-order valence-corrected chi connectivity index (χ0v) is 24.2. The number of aryl methyl sites for hydroxylation is 2. The highest BCUT2D eigenvalue weighted by atomic mass is 16.5. The Morgan fingerprint density at radius 1 is 1.00 bits per heavy atom. The summed E-state index contributed by atoms with van der Waals surface area (Å²) in [6.07, 6.45) is 0.697. The molecular weight excluding hydrogens is 506 g/mol. The topological polar surface area (TPSA) is 98.6 Å². The number of anilines is 1. The molecule has 4 aromatic rings. The van der Waals surface area contributed by atoms with Crippen LogP contribution in [0.4, 0.5) is 5.69 Å². The Kier molecular flexibility index (Phi) is 8.42. The number of ether oxygens (including phenoxy) is 2. The molecule has 2 amide bonds. The van der Waals surface area contributed by atoms with Gasteiger partial charge in [0.25, 0.3) is 0 Å². The van der Waals surface area contributed by atoms with Gasteiger partial charge in [-0.25, -0.2) is 4.68 Å². The summed E-state index contributed by atoms with van der Waals surface area (Å²) in [7, 11) is 3.11. The van der Waals surface area contributed by atoms with Crippen LogP contribution in [0.2, 0.25) is 0 Å². The van der Waals surface area contributed by atoms with Gasteiger partial charge in [0.05, 0.1) is 25.4 Å². The van der Waals surface area contributed by atoms with Crippen molar-refractivity contribution in [1.29, 1.82) is 0 Å². The van der Waals surface area contributed by atoms with E-state index < -0.39 is 11.6 Å². The van der Waals surface area contributed by atoms with Gasteiger partial charge in [-0.15, -0.1) is 5.10 Å². The number of amides is 2. The molecule has 0 unspecified atom stereocenters. The van der Waals surface area contributed by atoms with Crippen LogP contribution in [0.5, 0.6) is 11.5 Å². The highest BCUT2D eigenvalue weighted by Crippen LogP contribution is 2.39. The van der Waals surface area contributed by atoms with Crippen LogP contribution in [-0.2, 0) is 16.1 Å². The van der Waals surface area contributed by atoms with Crippen LogP contribution in [0.25, 0.3) is 11.0 Å². The Morgan fingerprint density at radius 3 is 2.35 bits per heavy atom. The van der Waals surface area contributed by atoms with Gasteiger partial charge in [-0.3, -0.25) is 14.5 Å². The number of benzene rings is 3. The standard InChI is InChI=1S/C31H37N5O4/c1-8-31(4,5)32-30(38)29(23-18-22(39-6)16-17-26(23)40-7)36(28-20(2)12-11-13-21(28)3)27(37)19-35-25-15-10-9-14-24(25)33-34-35/h9-18,29H,8,19H2,1-7H3,(H,32,38)/t29-/m0/s1. The van der Waals surface area contributed by atoms with E-state index >= 15 is 0 Å². The van der Waals surface area contributed by atoms with Crippen molar-refractivity contribution in [3.8, 4) is 11.5 Å². The first-order chi connectivity index (χ1) is 19.1. The molecule has 0 saturated heterocycles. The molecule has 9 heteroatoms. The van der Waals surface area contributed by atoms with Gasteiger partial charge < -0.3 is 14.8 Å². The zero-order valence-electron chi connectivity index (χ0n) is 24.2. The fourth-order valence-corrected chi connectivity index (χ4v) is 4.76. The molecule has 0 bridgehead atoms. The molecule has 4 rings (SSSR count). The number of para-hydroxylation sites is 2. The Hall–Kier alpha value is -4.40. The molecule has 0 spiro atoms. The summed E-state index contributed by atoms with van der Waals surface area (Å²) < 4.78 is 12.8. The summed E-state index contributed by atoms with van der Waals surface area (Å²) in [4.78, 5) is 30.3. The van der Waals surface area contributed by atoms with E-state index in [0.29, 0.717) is 34.7 Å². The zero-order chi connectivity index (χ0) is 29.0. The molecule has 0 aliphatic carbocycles. The SMILES string of the molecule is CCC(C)(C)NC(=O)[C@H](c1cc(OC)ccc1OC)N(C(=O)Cn1nnc2ccccc21)c1c(C)cccc1C. The third-order valence-corrected chi connectivity index (χ3v) is 7.24. The van der Waals surface area contributed by atoms with Gasteiger partial charge in [0.15, 0.2) is 0 Å². The van der Waals surface area contributed by atoms with E-state index in [9.17, 15) is 9.59 Å². The molecule has 0 aliphatic rings. The summed E-state index contributed by atoms with van der Waals surface area (Å²) >= 11 is 0. The van der Waals surface area contributed by atoms with Gasteiger partial charge in [0.2, 0.25) is 11.8 Å². The van der Waals surface area contributed by atoms with Crippen molar-refractivity contribution >= 4 is 28.5 Å². The number of nitrogens with one attached hydrogen (secondary N) is 1. The number of carbonyl (C=O) groups excluding carboxylic acids is 2. The largest absolute Gasteiger partial charge is 0.497 e. The van der Waals surface area contributed by atoms with Crippen LogP contribution in [0, 0.1) is 13.8 Å². The molecule has 1 aromatic heterocycles. The van der Waals surface area contributed by atoms with Crippen LogP contribution in [0.15, 0.2) is 60.7 Å². The van der Waals surface area contributed by atoms with Crippen molar-refractivity contribution in [3.63, 3.8) is 0 Å². The summed E-state index contributed by atoms with van der Waals surface area (Å²) in [5.74, 6) is 0.343. The second-order valence-corrected chi connectivity index (χ2v) is 10.5. The van der Waals surface area contributed by atoms with Crippen molar-refractivity contribution in [1.82, 2.24) is 20.3 Å². The van der Waals surface area contributed by atoms with E-state index in [0.717, 1.165) is 16.6 Å². The molecule has 9 nitrogen and oxygen atoms in total. The van der Waals surface area contributed by atoms with Crippen molar-refractivity contribution in [2.45, 2.75) is 59.2 Å². The predicted octanol–water partition coefficient (Wildman–Crippen LogP) is 5.14. The number of methoxy groups -OCH3 is 2. The van der Waals surface area contributed by atoms with E-state index in [4.69, 9.17) is 9.47 Å². The van der Waals surface area contributed by atoms with Crippen molar-refractivity contribution in [3.05, 3.63) is 77.4 Å². The van der Waals surface area contributed by atoms with Crippen molar-refractivity contribution < 1.29 is 19.1 Å². The third kappa shape index (κ3) is 5.78. The van der Waals surface area contributed by atoms with Gasteiger partial charge in [-0.05, 0) is 75.6 Å². The number of nitrogens with zero attached hydrogens (tertiary/aromatic N) is 4. The van der Waals surface area contributed by atoms with E-state index in [1.807, 2.05) is 77.1 Å². The molecule has 0 radical (unpaired) electrons. The first-order valence-corrected chi connectivity index (χ1v) is 13.3. The molecular formula is C31H37N5O4. The first-order valence-electron chi connectivity index (χ1n) is 13.3. The number of hydrogen-bond donors (Lipinski definition) is 1. The highest BCUT2D eigenvalue weighted by molar-refractivity contribution is 6.03. The number of aromatic nitrogens is 3. The molecule has 0 aliphatic heterocycles. The molecule has 1 N–H and O–H groups in total. The highest BCUT2D eigenvalue weighted by Gasteiger charge is 2.38. The fraction of sp³-hybridized carbons (Fsp3) is 0.355. The minimum Gasteiger partial charge on any atom is -0.497 e. The first kappa shape index (κ1) is 28.6.